The van der Waals surface area contributed by atoms with Crippen molar-refractivity contribution >= 4 is 5.69 Å². The summed E-state index contributed by atoms with van der Waals surface area (Å²) < 4.78 is 5.16. The van der Waals surface area contributed by atoms with Gasteiger partial charge in [0.15, 0.2) is 0 Å². The molecule has 1 unspecified atom stereocenters. The topological polar surface area (TPSA) is 51.4 Å². The van der Waals surface area contributed by atoms with E-state index < -0.39 is 0 Å². The first-order chi connectivity index (χ1) is 9.24. The zero-order valence-electron chi connectivity index (χ0n) is 11.8. The Morgan fingerprint density at radius 3 is 2.84 bits per heavy atom. The zero-order valence-corrected chi connectivity index (χ0v) is 11.8. The Balaban J connectivity index is 2.00. The van der Waals surface area contributed by atoms with Crippen LogP contribution >= 0.6 is 0 Å². The second-order valence-corrected chi connectivity index (χ2v) is 4.95. The summed E-state index contributed by atoms with van der Waals surface area (Å²) >= 11 is 0. The maximum absolute atomic E-state index is 5.97. The minimum absolute atomic E-state index is 0.0450. The van der Waals surface area contributed by atoms with Gasteiger partial charge in [0.25, 0.3) is 0 Å². The number of methoxy groups -OCH3 is 1. The lowest BCUT2D eigenvalue weighted by molar-refractivity contribution is 0.222. The summed E-state index contributed by atoms with van der Waals surface area (Å²) in [5.74, 6) is 0. The van der Waals surface area contributed by atoms with Crippen molar-refractivity contribution in [3.05, 3.63) is 35.7 Å². The average molecular weight is 261 g/mol. The van der Waals surface area contributed by atoms with Gasteiger partial charge < -0.3 is 15.4 Å². The molecular formula is C15H23N3O. The Morgan fingerprint density at radius 1 is 1.47 bits per heavy atom. The Kier molecular flexibility index (Phi) is 4.93. The minimum Gasteiger partial charge on any atom is -0.380 e. The fraction of sp³-hybridized carbons (Fsp3) is 0.533. The standard InChI is InChI=1S/C15H23N3O/c1-3-14(16)15-5-4-13(10-17-15)18-8-6-12(7-9-18)11-19-2/h4-6,10,14H,3,7-9,11,16H2,1-2H3. The van der Waals surface area contributed by atoms with E-state index in [-0.39, 0.29) is 6.04 Å². The SMILES string of the molecule is CCC(N)c1ccc(N2CC=C(COC)CC2)cn1. The van der Waals surface area contributed by atoms with Crippen molar-refractivity contribution in [1.82, 2.24) is 4.98 Å². The van der Waals surface area contributed by atoms with Gasteiger partial charge in [0.05, 0.1) is 24.2 Å². The Morgan fingerprint density at radius 2 is 2.32 bits per heavy atom. The predicted octanol–water partition coefficient (Wildman–Crippen LogP) is 2.27. The molecule has 0 saturated carbocycles. The van der Waals surface area contributed by atoms with E-state index in [1.54, 1.807) is 7.11 Å². The van der Waals surface area contributed by atoms with Gasteiger partial charge in [0, 0.05) is 26.2 Å². The number of rotatable bonds is 5. The molecule has 2 rings (SSSR count). The van der Waals surface area contributed by atoms with Gasteiger partial charge in [-0.2, -0.15) is 0 Å². The number of hydrogen-bond acceptors (Lipinski definition) is 4. The van der Waals surface area contributed by atoms with E-state index in [9.17, 15) is 0 Å². The molecule has 1 aromatic rings. The van der Waals surface area contributed by atoms with E-state index in [2.05, 4.69) is 29.0 Å². The van der Waals surface area contributed by atoms with Gasteiger partial charge in [-0.3, -0.25) is 4.98 Å². The van der Waals surface area contributed by atoms with Gasteiger partial charge in [-0.25, -0.2) is 0 Å². The first-order valence-electron chi connectivity index (χ1n) is 6.88. The normalized spacial score (nSPS) is 17.2. The highest BCUT2D eigenvalue weighted by Crippen LogP contribution is 2.20. The van der Waals surface area contributed by atoms with Crippen LogP contribution in [0, 0.1) is 0 Å². The van der Waals surface area contributed by atoms with Crippen LogP contribution in [0.2, 0.25) is 0 Å². The van der Waals surface area contributed by atoms with Crippen molar-refractivity contribution in [2.75, 3.05) is 31.7 Å². The molecule has 0 spiro atoms. The largest absolute Gasteiger partial charge is 0.380 e. The van der Waals surface area contributed by atoms with Crippen LogP contribution in [0.15, 0.2) is 30.0 Å². The highest BCUT2D eigenvalue weighted by molar-refractivity contribution is 5.46. The van der Waals surface area contributed by atoms with E-state index in [0.717, 1.165) is 38.2 Å². The van der Waals surface area contributed by atoms with Gasteiger partial charge >= 0.3 is 0 Å². The lowest BCUT2D eigenvalue weighted by Crippen LogP contribution is -2.29. The number of aromatic nitrogens is 1. The van der Waals surface area contributed by atoms with Crippen LogP contribution in [0.1, 0.15) is 31.5 Å². The predicted molar refractivity (Wildman–Crippen MR) is 78.2 cm³/mol. The average Bonchev–Trinajstić information content (AvgIpc) is 2.48. The molecule has 1 aliphatic heterocycles. The highest BCUT2D eigenvalue weighted by atomic mass is 16.5. The summed E-state index contributed by atoms with van der Waals surface area (Å²) in [5.41, 5.74) is 9.50. The van der Waals surface area contributed by atoms with E-state index >= 15 is 0 Å². The molecule has 0 fully saturated rings. The Hall–Kier alpha value is -1.39. The fourth-order valence-electron chi connectivity index (χ4n) is 2.28. The summed E-state index contributed by atoms with van der Waals surface area (Å²) in [4.78, 5) is 6.79. The van der Waals surface area contributed by atoms with E-state index in [1.807, 2.05) is 12.3 Å². The number of nitrogens with zero attached hydrogens (tertiary/aromatic N) is 2. The molecule has 0 aliphatic carbocycles. The van der Waals surface area contributed by atoms with Crippen molar-refractivity contribution in [2.45, 2.75) is 25.8 Å². The molecule has 0 aromatic carbocycles. The van der Waals surface area contributed by atoms with Crippen LogP contribution in [-0.2, 0) is 4.74 Å². The second kappa shape index (κ2) is 6.68. The first-order valence-corrected chi connectivity index (χ1v) is 6.88. The summed E-state index contributed by atoms with van der Waals surface area (Å²) in [7, 11) is 1.74. The van der Waals surface area contributed by atoms with Crippen molar-refractivity contribution in [3.8, 4) is 0 Å². The molecule has 19 heavy (non-hydrogen) atoms. The second-order valence-electron chi connectivity index (χ2n) is 4.95. The highest BCUT2D eigenvalue weighted by Gasteiger charge is 2.13. The van der Waals surface area contributed by atoms with Crippen LogP contribution < -0.4 is 10.6 Å². The molecule has 1 aromatic heterocycles. The number of anilines is 1. The van der Waals surface area contributed by atoms with E-state index in [4.69, 9.17) is 10.5 Å². The van der Waals surface area contributed by atoms with Gasteiger partial charge in [-0.1, -0.05) is 13.0 Å². The molecule has 0 radical (unpaired) electrons. The van der Waals surface area contributed by atoms with Crippen molar-refractivity contribution in [2.24, 2.45) is 5.73 Å². The van der Waals surface area contributed by atoms with Gasteiger partial charge in [0.1, 0.15) is 0 Å². The molecular weight excluding hydrogens is 238 g/mol. The van der Waals surface area contributed by atoms with Crippen molar-refractivity contribution in [1.29, 1.82) is 0 Å². The zero-order chi connectivity index (χ0) is 13.7. The summed E-state index contributed by atoms with van der Waals surface area (Å²) in [6, 6.07) is 4.20. The van der Waals surface area contributed by atoms with Crippen LogP contribution in [0.25, 0.3) is 0 Å². The van der Waals surface area contributed by atoms with Crippen LogP contribution in [0.3, 0.4) is 0 Å². The van der Waals surface area contributed by atoms with Crippen LogP contribution in [-0.4, -0.2) is 31.8 Å². The monoisotopic (exact) mass is 261 g/mol. The maximum atomic E-state index is 5.97. The third kappa shape index (κ3) is 3.55. The molecule has 4 nitrogen and oxygen atoms in total. The van der Waals surface area contributed by atoms with Crippen molar-refractivity contribution in [3.63, 3.8) is 0 Å². The molecule has 0 bridgehead atoms. The van der Waals surface area contributed by atoms with Gasteiger partial charge in [-0.15, -0.1) is 0 Å². The molecule has 4 heteroatoms. The third-order valence-electron chi connectivity index (χ3n) is 3.59. The summed E-state index contributed by atoms with van der Waals surface area (Å²) in [6.07, 6.45) is 6.15. The molecule has 0 saturated heterocycles. The minimum atomic E-state index is 0.0450. The Bertz CT molecular complexity index is 428. The van der Waals surface area contributed by atoms with E-state index in [1.165, 1.54) is 11.3 Å². The summed E-state index contributed by atoms with van der Waals surface area (Å²) in [5, 5.41) is 0. The third-order valence-corrected chi connectivity index (χ3v) is 3.59. The van der Waals surface area contributed by atoms with Gasteiger partial charge in [0.2, 0.25) is 0 Å². The van der Waals surface area contributed by atoms with Gasteiger partial charge in [-0.05, 0) is 30.5 Å². The Labute approximate surface area is 115 Å². The molecule has 0 amide bonds. The molecule has 1 aliphatic rings. The van der Waals surface area contributed by atoms with Crippen LogP contribution in [0.5, 0.6) is 0 Å². The van der Waals surface area contributed by atoms with E-state index in [0.29, 0.717) is 0 Å². The lowest BCUT2D eigenvalue weighted by atomic mass is 10.1. The van der Waals surface area contributed by atoms with Crippen LogP contribution in [0.4, 0.5) is 5.69 Å². The quantitative estimate of drug-likeness (QED) is 0.826. The first kappa shape index (κ1) is 14.0. The number of nitrogens with two attached hydrogens (primary N) is 1. The molecule has 1 atom stereocenters. The number of pyridine rings is 1. The lowest BCUT2D eigenvalue weighted by Gasteiger charge is -2.28. The molecule has 2 heterocycles. The fourth-order valence-corrected chi connectivity index (χ4v) is 2.28. The number of ether oxygens (including phenoxy) is 1. The molecule has 104 valence electrons. The molecule has 2 N–H and O–H groups in total. The maximum Gasteiger partial charge on any atom is 0.0674 e. The van der Waals surface area contributed by atoms with Crippen molar-refractivity contribution < 1.29 is 4.74 Å². The smallest absolute Gasteiger partial charge is 0.0674 e. The summed E-state index contributed by atoms with van der Waals surface area (Å²) in [6.45, 7) is 4.78. The number of hydrogen-bond donors (Lipinski definition) is 1.